The normalized spacial score (nSPS) is 19.8. The molecule has 0 radical (unpaired) electrons. The Morgan fingerprint density at radius 3 is 2.59 bits per heavy atom. The molecule has 17 heavy (non-hydrogen) atoms. The Kier molecular flexibility index (Phi) is 6.27. The van der Waals surface area contributed by atoms with Crippen LogP contribution in [-0.4, -0.2) is 36.0 Å². The third kappa shape index (κ3) is 4.90. The van der Waals surface area contributed by atoms with Gasteiger partial charge in [-0.05, 0) is 46.0 Å². The van der Waals surface area contributed by atoms with Crippen molar-refractivity contribution in [2.45, 2.75) is 58.0 Å². The van der Waals surface area contributed by atoms with E-state index in [1.54, 1.807) is 0 Å². The minimum Gasteiger partial charge on any atom is -0.341 e. The molecule has 3 nitrogen and oxygen atoms in total. The van der Waals surface area contributed by atoms with Gasteiger partial charge in [-0.25, -0.2) is 0 Å². The molecular formula is C14H26N2O. The van der Waals surface area contributed by atoms with Gasteiger partial charge >= 0.3 is 0 Å². The summed E-state index contributed by atoms with van der Waals surface area (Å²) in [5.74, 6) is 0.259. The number of carbonyl (C=O) groups excluding carboxylic acids is 1. The third-order valence-electron chi connectivity index (χ3n) is 3.38. The Bertz CT molecular complexity index is 247. The summed E-state index contributed by atoms with van der Waals surface area (Å²) < 4.78 is 0. The molecular weight excluding hydrogens is 212 g/mol. The first-order chi connectivity index (χ1) is 8.15. The van der Waals surface area contributed by atoms with Crippen LogP contribution in [0.2, 0.25) is 0 Å². The van der Waals surface area contributed by atoms with Crippen LogP contribution in [0.3, 0.4) is 0 Å². The van der Waals surface area contributed by atoms with Gasteiger partial charge in [-0.2, -0.15) is 0 Å². The van der Waals surface area contributed by atoms with Crippen molar-refractivity contribution < 1.29 is 4.79 Å². The van der Waals surface area contributed by atoms with Gasteiger partial charge in [-0.3, -0.25) is 4.79 Å². The second-order valence-corrected chi connectivity index (χ2v) is 5.04. The molecule has 1 heterocycles. The first-order valence-corrected chi connectivity index (χ1v) is 6.81. The molecule has 2 atom stereocenters. The van der Waals surface area contributed by atoms with Crippen molar-refractivity contribution in [3.8, 4) is 0 Å². The fourth-order valence-corrected chi connectivity index (χ4v) is 2.34. The first kappa shape index (κ1) is 14.2. The zero-order valence-electron chi connectivity index (χ0n) is 11.2. The number of amides is 1. The van der Waals surface area contributed by atoms with Crippen molar-refractivity contribution in [2.75, 3.05) is 13.1 Å². The van der Waals surface area contributed by atoms with E-state index in [1.807, 2.05) is 17.9 Å². The summed E-state index contributed by atoms with van der Waals surface area (Å²) in [6.45, 7) is 9.69. The lowest BCUT2D eigenvalue weighted by Gasteiger charge is -2.30. The van der Waals surface area contributed by atoms with E-state index in [0.717, 1.165) is 38.8 Å². The summed E-state index contributed by atoms with van der Waals surface area (Å²) in [4.78, 5) is 14.2. The number of hydrogen-bond acceptors (Lipinski definition) is 2. The van der Waals surface area contributed by atoms with Crippen LogP contribution in [0.25, 0.3) is 0 Å². The van der Waals surface area contributed by atoms with Gasteiger partial charge in [0, 0.05) is 19.1 Å². The van der Waals surface area contributed by atoms with E-state index in [4.69, 9.17) is 0 Å². The maximum atomic E-state index is 12.2. The molecule has 3 heteroatoms. The van der Waals surface area contributed by atoms with Crippen LogP contribution < -0.4 is 5.32 Å². The van der Waals surface area contributed by atoms with Crippen molar-refractivity contribution in [3.63, 3.8) is 0 Å². The summed E-state index contributed by atoms with van der Waals surface area (Å²) in [7, 11) is 0. The molecule has 1 aliphatic heterocycles. The monoisotopic (exact) mass is 238 g/mol. The molecule has 0 aliphatic carbocycles. The average Bonchev–Trinajstić information content (AvgIpc) is 2.36. The van der Waals surface area contributed by atoms with Crippen molar-refractivity contribution in [2.24, 2.45) is 0 Å². The van der Waals surface area contributed by atoms with Gasteiger partial charge in [-0.15, -0.1) is 6.58 Å². The van der Waals surface area contributed by atoms with Crippen molar-refractivity contribution in [1.29, 1.82) is 0 Å². The number of nitrogens with one attached hydrogen (secondary N) is 1. The van der Waals surface area contributed by atoms with Crippen LogP contribution >= 0.6 is 0 Å². The van der Waals surface area contributed by atoms with Crippen molar-refractivity contribution >= 4 is 5.91 Å². The van der Waals surface area contributed by atoms with Gasteiger partial charge in [-0.1, -0.05) is 6.08 Å². The average molecular weight is 238 g/mol. The second kappa shape index (κ2) is 7.49. The maximum absolute atomic E-state index is 12.2. The predicted octanol–water partition coefficient (Wildman–Crippen LogP) is 2.33. The Morgan fingerprint density at radius 2 is 2.00 bits per heavy atom. The molecule has 1 saturated heterocycles. The minimum atomic E-state index is -0.0621. The van der Waals surface area contributed by atoms with Crippen LogP contribution in [0, 0.1) is 0 Å². The van der Waals surface area contributed by atoms with Gasteiger partial charge in [0.05, 0.1) is 6.04 Å². The van der Waals surface area contributed by atoms with Gasteiger partial charge in [0.1, 0.15) is 0 Å². The topological polar surface area (TPSA) is 32.3 Å². The molecule has 1 amide bonds. The highest BCUT2D eigenvalue weighted by Crippen LogP contribution is 2.10. The van der Waals surface area contributed by atoms with E-state index in [9.17, 15) is 4.79 Å². The highest BCUT2D eigenvalue weighted by Gasteiger charge is 2.22. The number of nitrogens with zero attached hydrogens (tertiary/aromatic N) is 1. The fraction of sp³-hybridized carbons (Fsp3) is 0.786. The molecule has 0 unspecified atom stereocenters. The van der Waals surface area contributed by atoms with E-state index in [-0.39, 0.29) is 11.9 Å². The SMILES string of the molecule is C=CCC[C@H](C)N[C@@H](C)C(=O)N1CCCCC1. The Hall–Kier alpha value is -0.830. The number of piperidine rings is 1. The molecule has 0 aromatic heterocycles. The number of hydrogen-bond donors (Lipinski definition) is 1. The molecule has 1 aliphatic rings. The molecule has 0 aromatic carbocycles. The molecule has 1 fully saturated rings. The Balaban J connectivity index is 2.32. The number of rotatable bonds is 6. The summed E-state index contributed by atoms with van der Waals surface area (Å²) in [6.07, 6.45) is 7.55. The summed E-state index contributed by atoms with van der Waals surface area (Å²) >= 11 is 0. The van der Waals surface area contributed by atoms with E-state index < -0.39 is 0 Å². The van der Waals surface area contributed by atoms with E-state index >= 15 is 0 Å². The van der Waals surface area contributed by atoms with Crippen LogP contribution in [0.4, 0.5) is 0 Å². The Labute approximate surface area is 105 Å². The zero-order chi connectivity index (χ0) is 12.7. The smallest absolute Gasteiger partial charge is 0.239 e. The highest BCUT2D eigenvalue weighted by atomic mass is 16.2. The third-order valence-corrected chi connectivity index (χ3v) is 3.38. The van der Waals surface area contributed by atoms with Crippen LogP contribution in [-0.2, 0) is 4.79 Å². The number of likely N-dealkylation sites (tertiary alicyclic amines) is 1. The fourth-order valence-electron chi connectivity index (χ4n) is 2.34. The summed E-state index contributed by atoms with van der Waals surface area (Å²) in [5, 5.41) is 3.37. The van der Waals surface area contributed by atoms with Crippen molar-refractivity contribution in [1.82, 2.24) is 10.2 Å². The molecule has 0 aromatic rings. The predicted molar refractivity (Wildman–Crippen MR) is 71.9 cm³/mol. The lowest BCUT2D eigenvalue weighted by molar-refractivity contribution is -0.134. The quantitative estimate of drug-likeness (QED) is 0.720. The second-order valence-electron chi connectivity index (χ2n) is 5.04. The summed E-state index contributed by atoms with van der Waals surface area (Å²) in [5.41, 5.74) is 0. The summed E-state index contributed by atoms with van der Waals surface area (Å²) in [6, 6.07) is 0.310. The standard InChI is InChI=1S/C14H26N2O/c1-4-5-9-12(2)15-13(3)14(17)16-10-7-6-8-11-16/h4,12-13,15H,1,5-11H2,2-3H3/t12-,13-/m0/s1. The van der Waals surface area contributed by atoms with Gasteiger partial charge in [0.2, 0.25) is 5.91 Å². The molecule has 98 valence electrons. The Morgan fingerprint density at radius 1 is 1.35 bits per heavy atom. The van der Waals surface area contributed by atoms with Crippen LogP contribution in [0.5, 0.6) is 0 Å². The molecule has 0 bridgehead atoms. The first-order valence-electron chi connectivity index (χ1n) is 6.81. The molecule has 1 N–H and O–H groups in total. The minimum absolute atomic E-state index is 0.0621. The zero-order valence-corrected chi connectivity index (χ0v) is 11.2. The van der Waals surface area contributed by atoms with Crippen LogP contribution in [0.15, 0.2) is 12.7 Å². The largest absolute Gasteiger partial charge is 0.341 e. The molecule has 1 rings (SSSR count). The lowest BCUT2D eigenvalue weighted by Crippen LogP contribution is -2.49. The highest BCUT2D eigenvalue weighted by molar-refractivity contribution is 5.81. The lowest BCUT2D eigenvalue weighted by atomic mass is 10.1. The van der Waals surface area contributed by atoms with Gasteiger partial charge < -0.3 is 10.2 Å². The van der Waals surface area contributed by atoms with Gasteiger partial charge in [0.15, 0.2) is 0 Å². The van der Waals surface area contributed by atoms with Gasteiger partial charge in [0.25, 0.3) is 0 Å². The maximum Gasteiger partial charge on any atom is 0.239 e. The molecule has 0 saturated carbocycles. The van der Waals surface area contributed by atoms with Crippen molar-refractivity contribution in [3.05, 3.63) is 12.7 Å². The number of allylic oxidation sites excluding steroid dienone is 1. The number of carbonyl (C=O) groups is 1. The van der Waals surface area contributed by atoms with E-state index in [1.165, 1.54) is 6.42 Å². The molecule has 0 spiro atoms. The van der Waals surface area contributed by atoms with E-state index in [0.29, 0.717) is 6.04 Å². The van der Waals surface area contributed by atoms with E-state index in [2.05, 4.69) is 18.8 Å². The van der Waals surface area contributed by atoms with Crippen LogP contribution in [0.1, 0.15) is 46.0 Å².